The molecular weight excluding hydrogens is 255 g/mol. The Bertz CT molecular complexity index is 521. The first-order valence-electron chi connectivity index (χ1n) is 7.07. The number of nitrogens with zero attached hydrogens (tertiary/aromatic N) is 3. The van der Waals surface area contributed by atoms with Crippen LogP contribution in [0.5, 0.6) is 0 Å². The lowest BCUT2D eigenvalue weighted by Crippen LogP contribution is -2.23. The zero-order valence-electron chi connectivity index (χ0n) is 12.0. The van der Waals surface area contributed by atoms with E-state index in [1.165, 1.54) is 12.1 Å². The Balaban J connectivity index is 2.17. The van der Waals surface area contributed by atoms with Gasteiger partial charge >= 0.3 is 0 Å². The van der Waals surface area contributed by atoms with Crippen LogP contribution in [-0.4, -0.2) is 27.9 Å². The maximum absolute atomic E-state index is 13.1. The minimum Gasteiger partial charge on any atom is -0.316 e. The number of aromatic nitrogens is 3. The average Bonchev–Trinajstić information content (AvgIpc) is 2.91. The van der Waals surface area contributed by atoms with Crippen molar-refractivity contribution in [2.75, 3.05) is 13.1 Å². The van der Waals surface area contributed by atoms with Crippen molar-refractivity contribution in [2.45, 2.75) is 32.7 Å². The molecule has 20 heavy (non-hydrogen) atoms. The van der Waals surface area contributed by atoms with Gasteiger partial charge in [0.2, 0.25) is 0 Å². The molecule has 0 spiro atoms. The topological polar surface area (TPSA) is 42.7 Å². The SMILES string of the molecule is CCNCC(Cc1ncnn1CC)c1ccc(F)cc1. The van der Waals surface area contributed by atoms with E-state index in [1.54, 1.807) is 6.33 Å². The van der Waals surface area contributed by atoms with Crippen LogP contribution < -0.4 is 5.32 Å². The van der Waals surface area contributed by atoms with Gasteiger partial charge in [-0.2, -0.15) is 5.10 Å². The van der Waals surface area contributed by atoms with Gasteiger partial charge < -0.3 is 5.32 Å². The molecule has 0 bridgehead atoms. The molecule has 1 aromatic heterocycles. The summed E-state index contributed by atoms with van der Waals surface area (Å²) in [6.07, 6.45) is 2.39. The highest BCUT2D eigenvalue weighted by molar-refractivity contribution is 5.22. The maximum atomic E-state index is 13.1. The van der Waals surface area contributed by atoms with Crippen LogP contribution >= 0.6 is 0 Å². The van der Waals surface area contributed by atoms with Crippen molar-refractivity contribution in [2.24, 2.45) is 0 Å². The quantitative estimate of drug-likeness (QED) is 0.844. The van der Waals surface area contributed by atoms with Crippen molar-refractivity contribution in [1.82, 2.24) is 20.1 Å². The Morgan fingerprint density at radius 3 is 2.65 bits per heavy atom. The van der Waals surface area contributed by atoms with Gasteiger partial charge in [0.15, 0.2) is 0 Å². The minimum absolute atomic E-state index is 0.201. The minimum atomic E-state index is -0.201. The molecule has 2 rings (SSSR count). The fourth-order valence-electron chi connectivity index (χ4n) is 2.29. The van der Waals surface area contributed by atoms with E-state index in [-0.39, 0.29) is 11.7 Å². The molecule has 0 saturated heterocycles. The molecule has 0 aliphatic rings. The highest BCUT2D eigenvalue weighted by atomic mass is 19.1. The van der Waals surface area contributed by atoms with E-state index in [1.807, 2.05) is 16.8 Å². The highest BCUT2D eigenvalue weighted by Crippen LogP contribution is 2.20. The smallest absolute Gasteiger partial charge is 0.138 e. The first-order chi connectivity index (χ1) is 9.74. The summed E-state index contributed by atoms with van der Waals surface area (Å²) in [5.41, 5.74) is 1.12. The van der Waals surface area contributed by atoms with Crippen molar-refractivity contribution in [3.05, 3.63) is 47.8 Å². The van der Waals surface area contributed by atoms with Gasteiger partial charge in [-0.05, 0) is 31.2 Å². The fraction of sp³-hybridized carbons (Fsp3) is 0.467. The standard InChI is InChI=1S/C15H21FN4/c1-3-17-10-13(12-5-7-14(16)8-6-12)9-15-18-11-19-20(15)4-2/h5-8,11,13,17H,3-4,9-10H2,1-2H3. The Kier molecular flexibility index (Phi) is 5.24. The fourth-order valence-corrected chi connectivity index (χ4v) is 2.29. The summed E-state index contributed by atoms with van der Waals surface area (Å²) >= 11 is 0. The number of nitrogens with one attached hydrogen (secondary N) is 1. The van der Waals surface area contributed by atoms with Gasteiger partial charge in [0.25, 0.3) is 0 Å². The zero-order chi connectivity index (χ0) is 14.4. The Morgan fingerprint density at radius 2 is 2.00 bits per heavy atom. The van der Waals surface area contributed by atoms with E-state index in [4.69, 9.17) is 0 Å². The van der Waals surface area contributed by atoms with Crippen molar-refractivity contribution in [3.8, 4) is 0 Å². The summed E-state index contributed by atoms with van der Waals surface area (Å²) in [5.74, 6) is 1.04. The van der Waals surface area contributed by atoms with Gasteiger partial charge in [0, 0.05) is 25.4 Å². The molecule has 1 unspecified atom stereocenters. The molecule has 0 fully saturated rings. The Hall–Kier alpha value is -1.75. The van der Waals surface area contributed by atoms with E-state index in [0.29, 0.717) is 0 Å². The predicted molar refractivity (Wildman–Crippen MR) is 77.1 cm³/mol. The van der Waals surface area contributed by atoms with Gasteiger partial charge in [-0.25, -0.2) is 9.37 Å². The number of hydrogen-bond donors (Lipinski definition) is 1. The van der Waals surface area contributed by atoms with Crippen molar-refractivity contribution < 1.29 is 4.39 Å². The van der Waals surface area contributed by atoms with Gasteiger partial charge in [-0.15, -0.1) is 0 Å². The molecule has 1 aromatic carbocycles. The van der Waals surface area contributed by atoms with Gasteiger partial charge in [-0.3, -0.25) is 4.68 Å². The van der Waals surface area contributed by atoms with Crippen LogP contribution in [0.15, 0.2) is 30.6 Å². The number of hydrogen-bond acceptors (Lipinski definition) is 3. The molecule has 5 heteroatoms. The summed E-state index contributed by atoms with van der Waals surface area (Å²) in [6.45, 7) is 6.70. The molecule has 0 aliphatic heterocycles. The number of halogens is 1. The Morgan fingerprint density at radius 1 is 1.25 bits per heavy atom. The predicted octanol–water partition coefficient (Wildman–Crippen LogP) is 2.37. The van der Waals surface area contributed by atoms with Crippen LogP contribution in [0.25, 0.3) is 0 Å². The van der Waals surface area contributed by atoms with Gasteiger partial charge in [0.05, 0.1) is 0 Å². The summed E-state index contributed by atoms with van der Waals surface area (Å²) < 4.78 is 15.0. The van der Waals surface area contributed by atoms with Crippen LogP contribution in [0.3, 0.4) is 0 Å². The summed E-state index contributed by atoms with van der Waals surface area (Å²) in [5, 5.41) is 7.56. The highest BCUT2D eigenvalue weighted by Gasteiger charge is 2.15. The molecule has 0 aliphatic carbocycles. The molecular formula is C15H21FN4. The van der Waals surface area contributed by atoms with Crippen molar-refractivity contribution in [1.29, 1.82) is 0 Å². The number of benzene rings is 1. The molecule has 0 saturated carbocycles. The first-order valence-corrected chi connectivity index (χ1v) is 7.07. The molecule has 1 heterocycles. The van der Waals surface area contributed by atoms with Crippen molar-refractivity contribution in [3.63, 3.8) is 0 Å². The van der Waals surface area contributed by atoms with E-state index < -0.39 is 0 Å². The van der Waals surface area contributed by atoms with Crippen LogP contribution in [0.4, 0.5) is 4.39 Å². The average molecular weight is 276 g/mol. The molecule has 1 atom stereocenters. The lowest BCUT2D eigenvalue weighted by molar-refractivity contribution is 0.543. The van der Waals surface area contributed by atoms with Gasteiger partial charge in [0.1, 0.15) is 18.0 Å². The molecule has 0 radical (unpaired) electrons. The van der Waals surface area contributed by atoms with E-state index in [2.05, 4.69) is 29.2 Å². The van der Waals surface area contributed by atoms with Crippen molar-refractivity contribution >= 4 is 0 Å². The summed E-state index contributed by atoms with van der Waals surface area (Å²) in [6, 6.07) is 6.73. The van der Waals surface area contributed by atoms with Crippen LogP contribution in [-0.2, 0) is 13.0 Å². The van der Waals surface area contributed by atoms with Gasteiger partial charge in [-0.1, -0.05) is 19.1 Å². The molecule has 0 amide bonds. The summed E-state index contributed by atoms with van der Waals surface area (Å²) in [4.78, 5) is 4.33. The largest absolute Gasteiger partial charge is 0.316 e. The monoisotopic (exact) mass is 276 g/mol. The normalized spacial score (nSPS) is 12.6. The maximum Gasteiger partial charge on any atom is 0.138 e. The van der Waals surface area contributed by atoms with E-state index >= 15 is 0 Å². The molecule has 4 nitrogen and oxygen atoms in total. The third-order valence-corrected chi connectivity index (χ3v) is 3.41. The third kappa shape index (κ3) is 3.63. The van der Waals surface area contributed by atoms with Crippen LogP contribution in [0.1, 0.15) is 31.2 Å². The van der Waals surface area contributed by atoms with E-state index in [9.17, 15) is 4.39 Å². The molecule has 108 valence electrons. The van der Waals surface area contributed by atoms with E-state index in [0.717, 1.165) is 37.4 Å². The zero-order valence-corrected chi connectivity index (χ0v) is 12.0. The molecule has 2 aromatic rings. The lowest BCUT2D eigenvalue weighted by Gasteiger charge is -2.17. The summed E-state index contributed by atoms with van der Waals surface area (Å²) in [7, 11) is 0. The number of rotatable bonds is 7. The van der Waals surface area contributed by atoms with Crippen LogP contribution in [0, 0.1) is 5.82 Å². The first kappa shape index (κ1) is 14.7. The van der Waals surface area contributed by atoms with Crippen LogP contribution in [0.2, 0.25) is 0 Å². The second kappa shape index (κ2) is 7.14. The number of aryl methyl sites for hydroxylation is 1. The second-order valence-corrected chi connectivity index (χ2v) is 4.75. The Labute approximate surface area is 119 Å². The third-order valence-electron chi connectivity index (χ3n) is 3.41. The second-order valence-electron chi connectivity index (χ2n) is 4.75. The molecule has 1 N–H and O–H groups in total. The lowest BCUT2D eigenvalue weighted by atomic mass is 9.95. The number of likely N-dealkylation sites (N-methyl/N-ethyl adjacent to an activating group) is 1.